The predicted octanol–water partition coefficient (Wildman–Crippen LogP) is 3.16. The van der Waals surface area contributed by atoms with E-state index in [0.29, 0.717) is 11.3 Å². The molecule has 2 aromatic carbocycles. The number of rotatable bonds is 8. The number of nitrogens with zero attached hydrogens (tertiary/aromatic N) is 2. The van der Waals surface area contributed by atoms with E-state index in [1.54, 1.807) is 20.8 Å². The minimum atomic E-state index is -1.02. The maximum atomic E-state index is 12.6. The first kappa shape index (κ1) is 26.0. The summed E-state index contributed by atoms with van der Waals surface area (Å²) >= 11 is 0. The molecule has 0 aliphatic carbocycles. The monoisotopic (exact) mass is 498 g/mol. The maximum absolute atomic E-state index is 12.6. The first-order valence-corrected chi connectivity index (χ1v) is 10.7. The fourth-order valence-corrected chi connectivity index (χ4v) is 3.17. The topological polar surface area (TPSA) is 159 Å². The predicted molar refractivity (Wildman–Crippen MR) is 121 cm³/mol. The second kappa shape index (κ2) is 10.3. The van der Waals surface area contributed by atoms with E-state index in [2.05, 4.69) is 0 Å². The Morgan fingerprint density at radius 2 is 1.72 bits per heavy atom. The van der Waals surface area contributed by atoms with Crippen molar-refractivity contribution >= 4 is 35.7 Å². The lowest BCUT2D eigenvalue weighted by Crippen LogP contribution is -2.32. The molecular formula is C24H22N2O10. The fraction of sp³-hybridized carbons (Fsp3) is 0.292. The number of nitro groups is 1. The second-order valence-corrected chi connectivity index (χ2v) is 8.72. The molecule has 1 aliphatic rings. The average molecular weight is 498 g/mol. The summed E-state index contributed by atoms with van der Waals surface area (Å²) in [5.74, 6) is -3.05. The fourth-order valence-electron chi connectivity index (χ4n) is 3.17. The molecule has 1 heterocycles. The van der Waals surface area contributed by atoms with Gasteiger partial charge in [-0.3, -0.25) is 24.5 Å². The number of ether oxygens (including phenoxy) is 2. The molecule has 1 aliphatic heterocycles. The van der Waals surface area contributed by atoms with Crippen LogP contribution in [0.15, 0.2) is 36.4 Å². The summed E-state index contributed by atoms with van der Waals surface area (Å²) in [6.45, 7) is 4.69. The van der Waals surface area contributed by atoms with Crippen LogP contribution >= 0.6 is 0 Å². The Bertz CT molecular complexity index is 1250. The lowest BCUT2D eigenvalue weighted by atomic mass is 10.1. The van der Waals surface area contributed by atoms with Gasteiger partial charge in [-0.05, 0) is 45.0 Å². The molecule has 188 valence electrons. The van der Waals surface area contributed by atoms with Crippen LogP contribution in [0.25, 0.3) is 0 Å². The average Bonchev–Trinajstić information content (AvgIpc) is 3.13. The number of esters is 1. The lowest BCUT2D eigenvalue weighted by molar-refractivity contribution is -0.384. The third kappa shape index (κ3) is 6.09. The van der Waals surface area contributed by atoms with E-state index in [-0.39, 0.29) is 53.1 Å². The maximum Gasteiger partial charge on any atom is 0.363 e. The molecule has 12 nitrogen and oxygen atoms in total. The van der Waals surface area contributed by atoms with Gasteiger partial charge in [-0.1, -0.05) is 0 Å². The lowest BCUT2D eigenvalue weighted by Gasteiger charge is -2.20. The van der Waals surface area contributed by atoms with Gasteiger partial charge < -0.3 is 14.3 Å². The van der Waals surface area contributed by atoms with Crippen molar-refractivity contribution in [3.8, 4) is 5.75 Å². The van der Waals surface area contributed by atoms with Gasteiger partial charge >= 0.3 is 11.9 Å². The van der Waals surface area contributed by atoms with Gasteiger partial charge in [0.1, 0.15) is 18.0 Å². The summed E-state index contributed by atoms with van der Waals surface area (Å²) in [5.41, 5.74) is -1.13. The molecule has 0 unspecified atom stereocenters. The van der Waals surface area contributed by atoms with E-state index in [9.17, 15) is 34.1 Å². The van der Waals surface area contributed by atoms with Crippen molar-refractivity contribution < 1.29 is 43.2 Å². The Morgan fingerprint density at radius 1 is 1.06 bits per heavy atom. The highest BCUT2D eigenvalue weighted by atomic mass is 16.7. The van der Waals surface area contributed by atoms with Crippen molar-refractivity contribution in [2.75, 3.05) is 0 Å². The normalized spacial score (nSPS) is 13.4. The van der Waals surface area contributed by atoms with E-state index in [0.717, 1.165) is 12.1 Å². The van der Waals surface area contributed by atoms with Crippen LogP contribution in [0.2, 0.25) is 0 Å². The van der Waals surface area contributed by atoms with Gasteiger partial charge in [-0.25, -0.2) is 9.59 Å². The molecule has 0 saturated carbocycles. The molecule has 0 aromatic heterocycles. The van der Waals surface area contributed by atoms with Gasteiger partial charge in [0.05, 0.1) is 21.6 Å². The zero-order chi connectivity index (χ0) is 26.6. The van der Waals surface area contributed by atoms with E-state index in [1.807, 2.05) is 0 Å². The van der Waals surface area contributed by atoms with Gasteiger partial charge in [0, 0.05) is 30.5 Å². The molecule has 3 rings (SSSR count). The molecule has 1 saturated heterocycles. The van der Waals surface area contributed by atoms with Crippen molar-refractivity contribution in [1.29, 1.82) is 0 Å². The second-order valence-electron chi connectivity index (χ2n) is 8.72. The summed E-state index contributed by atoms with van der Waals surface area (Å²) in [6.07, 6.45) is 0.293. The molecule has 0 radical (unpaired) electrons. The van der Waals surface area contributed by atoms with E-state index in [1.165, 1.54) is 24.3 Å². The standard InChI is InChI=1S/C24H22N2O10/c1-24(2,3)35-23(31)18-11-17(26(32)33)6-4-15(18)13-34-19-7-5-14(10-16(19)12-27)22(30)36-25-20(28)8-9-21(25)29/h4-7,10-12H,8-9,13H2,1-3H3. The highest BCUT2D eigenvalue weighted by Crippen LogP contribution is 2.25. The molecule has 0 N–H and O–H groups in total. The summed E-state index contributed by atoms with van der Waals surface area (Å²) in [5, 5.41) is 11.6. The zero-order valence-corrected chi connectivity index (χ0v) is 19.6. The van der Waals surface area contributed by atoms with Crippen LogP contribution in [-0.4, -0.2) is 45.6 Å². The van der Waals surface area contributed by atoms with Gasteiger partial charge in [-0.15, -0.1) is 5.06 Å². The number of carbonyl (C=O) groups excluding carboxylic acids is 5. The van der Waals surface area contributed by atoms with Gasteiger partial charge in [0.15, 0.2) is 6.29 Å². The molecular weight excluding hydrogens is 476 g/mol. The Labute approximate surface area is 204 Å². The summed E-state index contributed by atoms with van der Waals surface area (Å²) < 4.78 is 11.0. The minimum absolute atomic E-state index is 0.0448. The molecule has 36 heavy (non-hydrogen) atoms. The molecule has 1 fully saturated rings. The van der Waals surface area contributed by atoms with Crippen molar-refractivity contribution in [2.45, 2.75) is 45.8 Å². The quantitative estimate of drug-likeness (QED) is 0.174. The highest BCUT2D eigenvalue weighted by molar-refractivity contribution is 6.03. The summed E-state index contributed by atoms with van der Waals surface area (Å²) in [7, 11) is 0. The Kier molecular flexibility index (Phi) is 7.47. The first-order valence-electron chi connectivity index (χ1n) is 10.7. The number of carbonyl (C=O) groups is 5. The van der Waals surface area contributed by atoms with Crippen molar-refractivity contribution in [3.63, 3.8) is 0 Å². The number of nitro benzene ring substituents is 1. The summed E-state index contributed by atoms with van der Waals surface area (Å²) in [4.78, 5) is 75.2. The molecule has 0 bridgehead atoms. The van der Waals surface area contributed by atoms with E-state index < -0.39 is 34.3 Å². The van der Waals surface area contributed by atoms with Gasteiger partial charge in [0.2, 0.25) is 0 Å². The van der Waals surface area contributed by atoms with Crippen LogP contribution in [0.4, 0.5) is 5.69 Å². The van der Waals surface area contributed by atoms with Crippen molar-refractivity contribution in [1.82, 2.24) is 5.06 Å². The van der Waals surface area contributed by atoms with Crippen LogP contribution in [0.5, 0.6) is 5.75 Å². The first-order chi connectivity index (χ1) is 16.9. The van der Waals surface area contributed by atoms with Crippen LogP contribution < -0.4 is 4.74 Å². The third-order valence-electron chi connectivity index (χ3n) is 4.86. The Balaban J connectivity index is 1.81. The Hall–Kier alpha value is -4.61. The molecule has 12 heteroatoms. The number of non-ortho nitro benzene ring substituents is 1. The molecule has 2 aromatic rings. The number of hydrogen-bond donors (Lipinski definition) is 0. The Morgan fingerprint density at radius 3 is 2.31 bits per heavy atom. The number of hydrogen-bond acceptors (Lipinski definition) is 10. The van der Waals surface area contributed by atoms with Gasteiger partial charge in [-0.2, -0.15) is 0 Å². The molecule has 2 amide bonds. The zero-order valence-electron chi connectivity index (χ0n) is 19.6. The van der Waals surface area contributed by atoms with Crippen molar-refractivity contribution in [3.05, 3.63) is 68.8 Å². The third-order valence-corrected chi connectivity index (χ3v) is 4.86. The van der Waals surface area contributed by atoms with Crippen molar-refractivity contribution in [2.24, 2.45) is 0 Å². The number of aldehydes is 1. The molecule has 0 spiro atoms. The number of benzene rings is 2. The van der Waals surface area contributed by atoms with Crippen LogP contribution in [0.3, 0.4) is 0 Å². The minimum Gasteiger partial charge on any atom is -0.488 e. The highest BCUT2D eigenvalue weighted by Gasteiger charge is 2.33. The van der Waals surface area contributed by atoms with E-state index in [4.69, 9.17) is 14.3 Å². The van der Waals surface area contributed by atoms with Crippen LogP contribution in [0, 0.1) is 10.1 Å². The molecule has 0 atom stereocenters. The van der Waals surface area contributed by atoms with Crippen LogP contribution in [-0.2, 0) is 25.8 Å². The van der Waals surface area contributed by atoms with E-state index >= 15 is 0 Å². The number of amides is 2. The largest absolute Gasteiger partial charge is 0.488 e. The summed E-state index contributed by atoms with van der Waals surface area (Å²) in [6, 6.07) is 7.33. The smallest absolute Gasteiger partial charge is 0.363 e. The number of imide groups is 1. The SMILES string of the molecule is CC(C)(C)OC(=O)c1cc([N+](=O)[O-])ccc1COc1ccc(C(=O)ON2C(=O)CCC2=O)cc1C=O. The van der Waals surface area contributed by atoms with Gasteiger partial charge in [0.25, 0.3) is 17.5 Å². The number of hydroxylamine groups is 2. The van der Waals surface area contributed by atoms with Crippen LogP contribution in [0.1, 0.15) is 70.3 Å².